The fourth-order valence-corrected chi connectivity index (χ4v) is 2.84. The highest BCUT2D eigenvalue weighted by Gasteiger charge is 2.25. The van der Waals surface area contributed by atoms with Gasteiger partial charge in [0.05, 0.1) is 12.6 Å². The molecule has 1 fully saturated rings. The van der Waals surface area contributed by atoms with Crippen molar-refractivity contribution < 1.29 is 5.11 Å². The summed E-state index contributed by atoms with van der Waals surface area (Å²) in [6, 6.07) is 4.17. The van der Waals surface area contributed by atoms with Gasteiger partial charge in [0.1, 0.15) is 0 Å². The predicted octanol–water partition coefficient (Wildman–Crippen LogP) is 1.19. The summed E-state index contributed by atoms with van der Waals surface area (Å²) in [5.74, 6) is 1.24. The molecule has 1 heterocycles. The van der Waals surface area contributed by atoms with E-state index in [1.54, 1.807) is 7.05 Å². The van der Waals surface area contributed by atoms with Gasteiger partial charge >= 0.3 is 0 Å². The fraction of sp³-hybridized carbons (Fsp3) is 0.667. The summed E-state index contributed by atoms with van der Waals surface area (Å²) in [6.07, 6.45) is 5.06. The summed E-state index contributed by atoms with van der Waals surface area (Å²) in [5.41, 5.74) is 1.25. The lowest BCUT2D eigenvalue weighted by Gasteiger charge is -2.24. The van der Waals surface area contributed by atoms with Crippen LogP contribution in [0.2, 0.25) is 0 Å². The molecule has 0 amide bonds. The second-order valence-corrected chi connectivity index (χ2v) is 5.65. The Labute approximate surface area is 121 Å². The number of aliphatic hydroxyl groups is 1. The molecule has 1 aromatic rings. The zero-order chi connectivity index (χ0) is 14.5. The highest BCUT2D eigenvalue weighted by atomic mass is 16.3. The third-order valence-corrected chi connectivity index (χ3v) is 4.17. The van der Waals surface area contributed by atoms with Crippen LogP contribution in [0.4, 0.5) is 0 Å². The SMILES string of the molecule is CN=C(NCC1CCCC1O)N(C)Cc1cccn1C. The first-order valence-electron chi connectivity index (χ1n) is 7.32. The van der Waals surface area contributed by atoms with E-state index >= 15 is 0 Å². The zero-order valence-corrected chi connectivity index (χ0v) is 12.7. The Bertz CT molecular complexity index is 454. The molecule has 0 aliphatic heterocycles. The average molecular weight is 278 g/mol. The smallest absolute Gasteiger partial charge is 0.193 e. The molecule has 0 bridgehead atoms. The Morgan fingerprint density at radius 2 is 2.35 bits per heavy atom. The van der Waals surface area contributed by atoms with Gasteiger partial charge in [0.2, 0.25) is 0 Å². The van der Waals surface area contributed by atoms with E-state index in [2.05, 4.69) is 25.8 Å². The second kappa shape index (κ2) is 6.79. The number of hydrogen-bond acceptors (Lipinski definition) is 2. The molecule has 112 valence electrons. The summed E-state index contributed by atoms with van der Waals surface area (Å²) in [6.45, 7) is 1.61. The van der Waals surface area contributed by atoms with Gasteiger partial charge in [-0.2, -0.15) is 0 Å². The molecule has 5 nitrogen and oxygen atoms in total. The van der Waals surface area contributed by atoms with E-state index in [0.29, 0.717) is 5.92 Å². The van der Waals surface area contributed by atoms with Gasteiger partial charge in [-0.15, -0.1) is 0 Å². The van der Waals surface area contributed by atoms with Crippen molar-refractivity contribution in [2.24, 2.45) is 18.0 Å². The van der Waals surface area contributed by atoms with Crippen molar-refractivity contribution in [3.63, 3.8) is 0 Å². The Balaban J connectivity index is 1.86. The molecule has 20 heavy (non-hydrogen) atoms. The minimum absolute atomic E-state index is 0.154. The summed E-state index contributed by atoms with van der Waals surface area (Å²) in [5, 5.41) is 13.2. The quantitative estimate of drug-likeness (QED) is 0.642. The molecule has 2 atom stereocenters. The van der Waals surface area contributed by atoms with E-state index in [1.165, 1.54) is 5.69 Å². The van der Waals surface area contributed by atoms with Crippen molar-refractivity contribution in [1.29, 1.82) is 0 Å². The topological polar surface area (TPSA) is 52.8 Å². The van der Waals surface area contributed by atoms with Crippen LogP contribution in [0.3, 0.4) is 0 Å². The van der Waals surface area contributed by atoms with Gasteiger partial charge in [0.25, 0.3) is 0 Å². The highest BCUT2D eigenvalue weighted by Crippen LogP contribution is 2.24. The predicted molar refractivity (Wildman–Crippen MR) is 81.6 cm³/mol. The van der Waals surface area contributed by atoms with Crippen LogP contribution >= 0.6 is 0 Å². The number of rotatable bonds is 4. The minimum Gasteiger partial charge on any atom is -0.393 e. The van der Waals surface area contributed by atoms with E-state index in [4.69, 9.17) is 0 Å². The molecule has 1 aliphatic carbocycles. The van der Waals surface area contributed by atoms with Gasteiger partial charge in [-0.25, -0.2) is 0 Å². The molecule has 2 unspecified atom stereocenters. The molecule has 5 heteroatoms. The molecule has 0 spiro atoms. The van der Waals surface area contributed by atoms with Crippen molar-refractivity contribution in [3.8, 4) is 0 Å². The standard InChI is InChI=1S/C15H26N4O/c1-16-15(17-10-12-6-4-8-14(12)20)19(3)11-13-7-5-9-18(13)2/h5,7,9,12,14,20H,4,6,8,10-11H2,1-3H3,(H,16,17). The molecule has 2 rings (SSSR count). The van der Waals surface area contributed by atoms with Gasteiger partial charge in [0, 0.05) is 45.5 Å². The van der Waals surface area contributed by atoms with Crippen LogP contribution in [-0.2, 0) is 13.6 Å². The van der Waals surface area contributed by atoms with E-state index in [-0.39, 0.29) is 6.10 Å². The Morgan fingerprint density at radius 3 is 2.90 bits per heavy atom. The molecule has 2 N–H and O–H groups in total. The summed E-state index contributed by atoms with van der Waals surface area (Å²) in [7, 11) is 5.89. The summed E-state index contributed by atoms with van der Waals surface area (Å²) < 4.78 is 2.12. The summed E-state index contributed by atoms with van der Waals surface area (Å²) in [4.78, 5) is 6.43. The molecule has 1 saturated carbocycles. The number of aliphatic hydroxyl groups excluding tert-OH is 1. The number of hydrogen-bond donors (Lipinski definition) is 2. The Hall–Kier alpha value is -1.49. The van der Waals surface area contributed by atoms with Crippen LogP contribution < -0.4 is 5.32 Å². The molecule has 0 saturated heterocycles. The number of aromatic nitrogens is 1. The molecule has 1 aliphatic rings. The lowest BCUT2D eigenvalue weighted by Crippen LogP contribution is -2.42. The average Bonchev–Trinajstić information content (AvgIpc) is 3.00. The monoisotopic (exact) mass is 278 g/mol. The third-order valence-electron chi connectivity index (χ3n) is 4.17. The molecule has 0 radical (unpaired) electrons. The number of aliphatic imine (C=N–C) groups is 1. The van der Waals surface area contributed by atoms with Crippen LogP contribution in [0.15, 0.2) is 23.3 Å². The van der Waals surface area contributed by atoms with Crippen LogP contribution in [0.25, 0.3) is 0 Å². The number of aryl methyl sites for hydroxylation is 1. The number of nitrogens with zero attached hydrogens (tertiary/aromatic N) is 3. The third kappa shape index (κ3) is 3.54. The van der Waals surface area contributed by atoms with E-state index in [9.17, 15) is 5.11 Å². The van der Waals surface area contributed by atoms with Crippen LogP contribution in [0.1, 0.15) is 25.0 Å². The lowest BCUT2D eigenvalue weighted by molar-refractivity contribution is 0.134. The zero-order valence-electron chi connectivity index (χ0n) is 12.7. The second-order valence-electron chi connectivity index (χ2n) is 5.65. The number of nitrogens with one attached hydrogen (secondary N) is 1. The Kier molecular flexibility index (Phi) is 5.06. The molecular formula is C15H26N4O. The van der Waals surface area contributed by atoms with Gasteiger partial charge in [-0.05, 0) is 25.0 Å². The molecule has 1 aromatic heterocycles. The first kappa shape index (κ1) is 14.9. The molecular weight excluding hydrogens is 252 g/mol. The summed E-state index contributed by atoms with van der Waals surface area (Å²) >= 11 is 0. The Morgan fingerprint density at radius 1 is 1.55 bits per heavy atom. The first-order chi connectivity index (χ1) is 9.61. The maximum Gasteiger partial charge on any atom is 0.193 e. The lowest BCUT2D eigenvalue weighted by atomic mass is 10.1. The largest absolute Gasteiger partial charge is 0.393 e. The fourth-order valence-electron chi connectivity index (χ4n) is 2.84. The van der Waals surface area contributed by atoms with Crippen molar-refractivity contribution in [2.75, 3.05) is 20.6 Å². The van der Waals surface area contributed by atoms with Gasteiger partial charge in [-0.3, -0.25) is 4.99 Å². The van der Waals surface area contributed by atoms with E-state index < -0.39 is 0 Å². The van der Waals surface area contributed by atoms with Crippen LogP contribution in [-0.4, -0.2) is 47.3 Å². The van der Waals surface area contributed by atoms with E-state index in [0.717, 1.165) is 38.3 Å². The van der Waals surface area contributed by atoms with Crippen LogP contribution in [0, 0.1) is 5.92 Å². The maximum absolute atomic E-state index is 9.86. The number of guanidine groups is 1. The molecule has 0 aromatic carbocycles. The highest BCUT2D eigenvalue weighted by molar-refractivity contribution is 5.79. The van der Waals surface area contributed by atoms with Crippen molar-refractivity contribution >= 4 is 5.96 Å². The van der Waals surface area contributed by atoms with Crippen molar-refractivity contribution in [1.82, 2.24) is 14.8 Å². The van der Waals surface area contributed by atoms with Gasteiger partial charge in [-0.1, -0.05) is 6.42 Å². The van der Waals surface area contributed by atoms with Crippen molar-refractivity contribution in [3.05, 3.63) is 24.0 Å². The van der Waals surface area contributed by atoms with Gasteiger partial charge in [0.15, 0.2) is 5.96 Å². The van der Waals surface area contributed by atoms with Crippen molar-refractivity contribution in [2.45, 2.75) is 31.9 Å². The first-order valence-corrected chi connectivity index (χ1v) is 7.32. The van der Waals surface area contributed by atoms with Gasteiger partial charge < -0.3 is 19.9 Å². The normalized spacial score (nSPS) is 23.1. The maximum atomic E-state index is 9.86. The minimum atomic E-state index is -0.154. The van der Waals surface area contributed by atoms with E-state index in [1.807, 2.05) is 26.4 Å². The van der Waals surface area contributed by atoms with Crippen LogP contribution in [0.5, 0.6) is 0 Å².